The predicted molar refractivity (Wildman–Crippen MR) is 103 cm³/mol. The van der Waals surface area contributed by atoms with Crippen LogP contribution in [0, 0.1) is 28.5 Å². The largest absolute Gasteiger partial charge is 0.453 e. The number of hydrogen-bond donors (Lipinski definition) is 1. The number of anilines is 2. The Kier molecular flexibility index (Phi) is 5.15. The Morgan fingerprint density at radius 3 is 2.38 bits per heavy atom. The van der Waals surface area contributed by atoms with Gasteiger partial charge in [-0.15, -0.1) is 0 Å². The highest BCUT2D eigenvalue weighted by molar-refractivity contribution is 5.63. The van der Waals surface area contributed by atoms with Crippen LogP contribution in [0.4, 0.5) is 15.9 Å². The van der Waals surface area contributed by atoms with E-state index < -0.39 is 17.1 Å². The molecule has 0 saturated carbocycles. The highest BCUT2D eigenvalue weighted by atomic mass is 19.1. The maximum absolute atomic E-state index is 14.5. The molecule has 1 heterocycles. The van der Waals surface area contributed by atoms with Gasteiger partial charge in [-0.3, -0.25) is 13.9 Å². The summed E-state index contributed by atoms with van der Waals surface area (Å²) in [5, 5.41) is 21.1. The standard InChI is InChI=1S/C20H14FN5O3/c1-25-18(14(11-23)19(27)26(2)20(25)28)24-13-7-8-17(15(21)9-13)29-16-6-4-3-5-12(16)10-22/h3-9,24H,1-2H3. The van der Waals surface area contributed by atoms with Crippen LogP contribution in [0.3, 0.4) is 0 Å². The summed E-state index contributed by atoms with van der Waals surface area (Å²) in [4.78, 5) is 24.2. The first-order valence-corrected chi connectivity index (χ1v) is 8.31. The summed E-state index contributed by atoms with van der Waals surface area (Å²) in [6.07, 6.45) is 0. The topological polar surface area (TPSA) is 113 Å². The van der Waals surface area contributed by atoms with Gasteiger partial charge in [0.25, 0.3) is 5.56 Å². The molecule has 0 fully saturated rings. The highest BCUT2D eigenvalue weighted by Crippen LogP contribution is 2.29. The van der Waals surface area contributed by atoms with Gasteiger partial charge in [-0.25, -0.2) is 9.18 Å². The molecule has 1 aromatic heterocycles. The number of ether oxygens (including phenoxy) is 1. The summed E-state index contributed by atoms with van der Waals surface area (Å²) in [7, 11) is 2.65. The van der Waals surface area contributed by atoms with E-state index in [-0.39, 0.29) is 34.1 Å². The minimum Gasteiger partial charge on any atom is -0.453 e. The molecule has 3 rings (SSSR count). The van der Waals surface area contributed by atoms with Crippen molar-refractivity contribution in [3.05, 3.63) is 80.2 Å². The zero-order valence-corrected chi connectivity index (χ0v) is 15.4. The van der Waals surface area contributed by atoms with E-state index in [1.165, 1.54) is 26.2 Å². The molecule has 0 unspecified atom stereocenters. The lowest BCUT2D eigenvalue weighted by molar-refractivity contribution is 0.441. The van der Waals surface area contributed by atoms with Gasteiger partial charge in [0.05, 0.1) is 5.56 Å². The van der Waals surface area contributed by atoms with Crippen LogP contribution in [0.15, 0.2) is 52.1 Å². The van der Waals surface area contributed by atoms with Crippen molar-refractivity contribution in [2.24, 2.45) is 14.1 Å². The third kappa shape index (κ3) is 3.57. The second-order valence-electron chi connectivity index (χ2n) is 6.02. The van der Waals surface area contributed by atoms with E-state index in [1.807, 2.05) is 6.07 Å². The molecule has 3 aromatic rings. The van der Waals surface area contributed by atoms with Crippen LogP contribution in [0.1, 0.15) is 11.1 Å². The van der Waals surface area contributed by atoms with E-state index in [4.69, 9.17) is 10.00 Å². The van der Waals surface area contributed by atoms with Crippen LogP contribution in [0.25, 0.3) is 0 Å². The molecule has 0 bridgehead atoms. The fourth-order valence-electron chi connectivity index (χ4n) is 2.66. The molecule has 0 aliphatic rings. The Labute approximate surface area is 164 Å². The fraction of sp³-hybridized carbons (Fsp3) is 0.100. The van der Waals surface area contributed by atoms with Crippen LogP contribution in [-0.2, 0) is 14.1 Å². The Hall–Kier alpha value is -4.37. The number of nitrogens with zero attached hydrogens (tertiary/aromatic N) is 4. The van der Waals surface area contributed by atoms with E-state index in [9.17, 15) is 19.2 Å². The summed E-state index contributed by atoms with van der Waals surface area (Å²) >= 11 is 0. The number of halogens is 1. The van der Waals surface area contributed by atoms with Crippen LogP contribution in [0.5, 0.6) is 11.5 Å². The number of rotatable bonds is 4. The lowest BCUT2D eigenvalue weighted by atomic mass is 10.2. The molecule has 0 spiro atoms. The summed E-state index contributed by atoms with van der Waals surface area (Å²) in [6.45, 7) is 0. The Morgan fingerprint density at radius 2 is 1.72 bits per heavy atom. The SMILES string of the molecule is Cn1c(Nc2ccc(Oc3ccccc3C#N)c(F)c2)c(C#N)c(=O)n(C)c1=O. The first kappa shape index (κ1) is 19.4. The third-order valence-corrected chi connectivity index (χ3v) is 4.20. The quantitative estimate of drug-likeness (QED) is 0.731. The van der Waals surface area contributed by atoms with Gasteiger partial charge in [0, 0.05) is 25.8 Å². The van der Waals surface area contributed by atoms with Crippen LogP contribution in [-0.4, -0.2) is 9.13 Å². The molecule has 0 saturated heterocycles. The van der Waals surface area contributed by atoms with Crippen molar-refractivity contribution in [1.29, 1.82) is 10.5 Å². The average molecular weight is 391 g/mol. The summed E-state index contributed by atoms with van der Waals surface area (Å²) in [5.41, 5.74) is -1.22. The predicted octanol–water partition coefficient (Wildman–Crippen LogP) is 2.50. The molecular formula is C20H14FN5O3. The number of para-hydroxylation sites is 1. The normalized spacial score (nSPS) is 10.1. The van der Waals surface area contributed by atoms with Gasteiger partial charge in [0.15, 0.2) is 17.1 Å². The summed E-state index contributed by atoms with van der Waals surface area (Å²) in [5.74, 6) is -0.703. The smallest absolute Gasteiger partial charge is 0.332 e. The van der Waals surface area contributed by atoms with Crippen LogP contribution < -0.4 is 21.3 Å². The van der Waals surface area contributed by atoms with Crippen molar-refractivity contribution in [3.63, 3.8) is 0 Å². The Balaban J connectivity index is 1.97. The first-order chi connectivity index (χ1) is 13.9. The lowest BCUT2D eigenvalue weighted by Gasteiger charge is -2.14. The molecule has 0 radical (unpaired) electrons. The van der Waals surface area contributed by atoms with Crippen LogP contribution >= 0.6 is 0 Å². The van der Waals surface area contributed by atoms with Crippen molar-refractivity contribution in [3.8, 4) is 23.6 Å². The number of hydrogen-bond acceptors (Lipinski definition) is 6. The number of benzene rings is 2. The monoisotopic (exact) mass is 391 g/mol. The minimum atomic E-state index is -0.758. The van der Waals surface area contributed by atoms with E-state index >= 15 is 0 Å². The second kappa shape index (κ2) is 7.71. The lowest BCUT2D eigenvalue weighted by Crippen LogP contribution is -2.39. The van der Waals surface area contributed by atoms with Crippen molar-refractivity contribution in [1.82, 2.24) is 9.13 Å². The molecule has 0 atom stereocenters. The van der Waals surface area contributed by atoms with E-state index in [1.54, 1.807) is 30.3 Å². The highest BCUT2D eigenvalue weighted by Gasteiger charge is 2.16. The van der Waals surface area contributed by atoms with Crippen molar-refractivity contribution in [2.45, 2.75) is 0 Å². The minimum absolute atomic E-state index is 0.0523. The molecule has 1 N–H and O–H groups in total. The van der Waals surface area contributed by atoms with Gasteiger partial charge in [-0.1, -0.05) is 12.1 Å². The Morgan fingerprint density at radius 1 is 1.00 bits per heavy atom. The van der Waals surface area contributed by atoms with Crippen LogP contribution in [0.2, 0.25) is 0 Å². The Bertz CT molecular complexity index is 1310. The van der Waals surface area contributed by atoms with Crippen molar-refractivity contribution in [2.75, 3.05) is 5.32 Å². The van der Waals surface area contributed by atoms with Crippen molar-refractivity contribution >= 4 is 11.5 Å². The van der Waals surface area contributed by atoms with Gasteiger partial charge in [0.2, 0.25) is 0 Å². The fourth-order valence-corrected chi connectivity index (χ4v) is 2.66. The zero-order valence-electron chi connectivity index (χ0n) is 15.4. The maximum Gasteiger partial charge on any atom is 0.332 e. The third-order valence-electron chi connectivity index (χ3n) is 4.20. The molecule has 0 aliphatic carbocycles. The molecule has 8 nitrogen and oxygen atoms in total. The van der Waals surface area contributed by atoms with E-state index in [2.05, 4.69) is 5.32 Å². The summed E-state index contributed by atoms with van der Waals surface area (Å²) in [6, 6.07) is 14.0. The molecule has 0 aliphatic heterocycles. The first-order valence-electron chi connectivity index (χ1n) is 8.31. The summed E-state index contributed by atoms with van der Waals surface area (Å²) < 4.78 is 21.9. The van der Waals surface area contributed by atoms with E-state index in [0.29, 0.717) is 0 Å². The van der Waals surface area contributed by atoms with Gasteiger partial charge in [0.1, 0.15) is 23.7 Å². The number of nitrogens with one attached hydrogen (secondary N) is 1. The maximum atomic E-state index is 14.5. The molecular weight excluding hydrogens is 377 g/mol. The zero-order chi connectivity index (χ0) is 21.1. The molecule has 0 amide bonds. The van der Waals surface area contributed by atoms with Gasteiger partial charge >= 0.3 is 5.69 Å². The molecule has 144 valence electrons. The molecule has 9 heteroatoms. The number of nitriles is 2. The molecule has 2 aromatic carbocycles. The van der Waals surface area contributed by atoms with Gasteiger partial charge in [-0.05, 0) is 24.3 Å². The molecule has 29 heavy (non-hydrogen) atoms. The van der Waals surface area contributed by atoms with E-state index in [0.717, 1.165) is 15.2 Å². The van der Waals surface area contributed by atoms with Gasteiger partial charge < -0.3 is 10.1 Å². The van der Waals surface area contributed by atoms with Gasteiger partial charge in [-0.2, -0.15) is 10.5 Å². The number of aromatic nitrogens is 2. The van der Waals surface area contributed by atoms with Crippen molar-refractivity contribution < 1.29 is 9.13 Å². The average Bonchev–Trinajstić information content (AvgIpc) is 2.73. The second-order valence-corrected chi connectivity index (χ2v) is 6.02.